The van der Waals surface area contributed by atoms with Gasteiger partial charge in [0.25, 0.3) is 0 Å². The zero-order valence-electron chi connectivity index (χ0n) is 11.8. The molecule has 1 heterocycles. The summed E-state index contributed by atoms with van der Waals surface area (Å²) in [5.41, 5.74) is 6.61. The zero-order chi connectivity index (χ0) is 15.8. The summed E-state index contributed by atoms with van der Waals surface area (Å²) in [4.78, 5) is 5.31. The summed E-state index contributed by atoms with van der Waals surface area (Å²) in [6, 6.07) is 2.51. The second-order valence-electron chi connectivity index (χ2n) is 4.77. The minimum absolute atomic E-state index is 0.0904. The highest BCUT2D eigenvalue weighted by Crippen LogP contribution is 2.28. The Morgan fingerprint density at radius 1 is 1.38 bits per heavy atom. The summed E-state index contributed by atoms with van der Waals surface area (Å²) >= 11 is 7.36. The van der Waals surface area contributed by atoms with Gasteiger partial charge in [-0.1, -0.05) is 11.6 Å². The van der Waals surface area contributed by atoms with E-state index < -0.39 is 16.1 Å². The Hall–Kier alpha value is -1.15. The number of halogens is 1. The molecule has 0 fully saturated rings. The number of aromatic nitrogens is 1. The molecule has 3 N–H and O–H groups in total. The molecule has 1 unspecified atom stereocenters. The number of nitrogens with one attached hydrogen (secondary N) is 1. The standard InChI is InChI=1S/C13H16ClN3O2S2/c1-7-6-16-13(20-7)9(3)17-21(18,19)12-5-10(14)4-11(15)8(12)2/h4-6,9,17H,15H2,1-3H3. The van der Waals surface area contributed by atoms with Crippen molar-refractivity contribution in [3.63, 3.8) is 0 Å². The Morgan fingerprint density at radius 3 is 2.62 bits per heavy atom. The number of nitrogens with zero attached hydrogens (tertiary/aromatic N) is 1. The molecule has 5 nitrogen and oxygen atoms in total. The van der Waals surface area contributed by atoms with E-state index in [0.717, 1.165) is 4.88 Å². The van der Waals surface area contributed by atoms with Gasteiger partial charge in [0.2, 0.25) is 10.0 Å². The molecule has 0 aliphatic rings. The summed E-state index contributed by atoms with van der Waals surface area (Å²) in [5, 5.41) is 1.000. The number of hydrogen-bond donors (Lipinski definition) is 2. The third-order valence-corrected chi connectivity index (χ3v) is 5.98. The van der Waals surface area contributed by atoms with E-state index in [-0.39, 0.29) is 9.92 Å². The first-order chi connectivity index (χ1) is 9.70. The summed E-state index contributed by atoms with van der Waals surface area (Å²) in [7, 11) is -3.72. The van der Waals surface area contributed by atoms with Crippen LogP contribution in [0.25, 0.3) is 0 Å². The van der Waals surface area contributed by atoms with Gasteiger partial charge >= 0.3 is 0 Å². The van der Waals surface area contributed by atoms with E-state index in [1.807, 2.05) is 6.92 Å². The van der Waals surface area contributed by atoms with Gasteiger partial charge < -0.3 is 5.73 Å². The molecule has 2 rings (SSSR count). The maximum atomic E-state index is 12.5. The number of thiazole rings is 1. The van der Waals surface area contributed by atoms with Gasteiger partial charge in [0.05, 0.1) is 10.9 Å². The Balaban J connectivity index is 2.35. The molecule has 0 aliphatic carbocycles. The van der Waals surface area contributed by atoms with Crippen LogP contribution in [0.15, 0.2) is 23.2 Å². The van der Waals surface area contributed by atoms with Crippen LogP contribution < -0.4 is 10.5 Å². The first-order valence-corrected chi connectivity index (χ1v) is 8.88. The molecule has 0 amide bonds. The summed E-state index contributed by atoms with van der Waals surface area (Å²) < 4.78 is 27.6. The van der Waals surface area contributed by atoms with Crippen LogP contribution in [0.2, 0.25) is 5.02 Å². The molecule has 1 aromatic carbocycles. The number of hydrogen-bond acceptors (Lipinski definition) is 5. The lowest BCUT2D eigenvalue weighted by Gasteiger charge is -2.15. The number of nitrogen functional groups attached to an aromatic ring is 1. The Morgan fingerprint density at radius 2 is 2.05 bits per heavy atom. The molecule has 8 heteroatoms. The van der Waals surface area contributed by atoms with Crippen molar-refractivity contribution in [2.24, 2.45) is 0 Å². The van der Waals surface area contributed by atoms with E-state index in [0.29, 0.717) is 16.3 Å². The van der Waals surface area contributed by atoms with E-state index in [4.69, 9.17) is 17.3 Å². The molecule has 21 heavy (non-hydrogen) atoms. The Bertz CT molecular complexity index is 772. The quantitative estimate of drug-likeness (QED) is 0.834. The third kappa shape index (κ3) is 3.55. The van der Waals surface area contributed by atoms with Crippen LogP contribution in [0, 0.1) is 13.8 Å². The lowest BCUT2D eigenvalue weighted by Crippen LogP contribution is -2.27. The number of benzene rings is 1. The Labute approximate surface area is 133 Å². The van der Waals surface area contributed by atoms with Gasteiger partial charge in [-0.05, 0) is 38.5 Å². The summed E-state index contributed by atoms with van der Waals surface area (Å²) in [6.45, 7) is 5.32. The van der Waals surface area contributed by atoms with Gasteiger partial charge in [-0.3, -0.25) is 0 Å². The number of nitrogens with two attached hydrogens (primary N) is 1. The van der Waals surface area contributed by atoms with Crippen molar-refractivity contribution in [1.82, 2.24) is 9.71 Å². The molecule has 1 atom stereocenters. The number of anilines is 1. The van der Waals surface area contributed by atoms with Crippen molar-refractivity contribution < 1.29 is 8.42 Å². The molecule has 1 aromatic heterocycles. The van der Waals surface area contributed by atoms with Crippen molar-refractivity contribution >= 4 is 38.6 Å². The third-order valence-electron chi connectivity index (χ3n) is 3.00. The molecule has 114 valence electrons. The van der Waals surface area contributed by atoms with Crippen molar-refractivity contribution in [2.75, 3.05) is 5.73 Å². The van der Waals surface area contributed by atoms with E-state index in [9.17, 15) is 8.42 Å². The molecule has 0 aliphatic heterocycles. The maximum absolute atomic E-state index is 12.5. The van der Waals surface area contributed by atoms with Crippen molar-refractivity contribution in [3.8, 4) is 0 Å². The number of aryl methyl sites for hydroxylation is 1. The highest BCUT2D eigenvalue weighted by Gasteiger charge is 2.23. The molecule has 0 spiro atoms. The number of sulfonamides is 1. The lowest BCUT2D eigenvalue weighted by atomic mass is 10.2. The predicted octanol–water partition coefficient (Wildman–Crippen LogP) is 3.04. The average Bonchev–Trinajstić information content (AvgIpc) is 2.80. The highest BCUT2D eigenvalue weighted by molar-refractivity contribution is 7.89. The van der Waals surface area contributed by atoms with Gasteiger partial charge in [0.15, 0.2) is 0 Å². The second kappa shape index (κ2) is 5.92. The fraction of sp³-hybridized carbons (Fsp3) is 0.308. The molecular formula is C13H16ClN3O2S2. The van der Waals surface area contributed by atoms with E-state index in [1.54, 1.807) is 20.0 Å². The second-order valence-corrected chi connectivity index (χ2v) is 8.16. The fourth-order valence-corrected chi connectivity index (χ4v) is 4.52. The van der Waals surface area contributed by atoms with Crippen LogP contribution in [0.4, 0.5) is 5.69 Å². The Kier molecular flexibility index (Phi) is 4.57. The van der Waals surface area contributed by atoms with Crippen LogP contribution in [0.1, 0.15) is 28.4 Å². The van der Waals surface area contributed by atoms with Gasteiger partial charge in [-0.15, -0.1) is 11.3 Å². The first-order valence-electron chi connectivity index (χ1n) is 6.21. The monoisotopic (exact) mass is 345 g/mol. The van der Waals surface area contributed by atoms with Crippen LogP contribution in [0.5, 0.6) is 0 Å². The van der Waals surface area contributed by atoms with Crippen LogP contribution in [0.3, 0.4) is 0 Å². The van der Waals surface area contributed by atoms with Crippen molar-refractivity contribution in [1.29, 1.82) is 0 Å². The van der Waals surface area contributed by atoms with E-state index in [2.05, 4.69) is 9.71 Å². The lowest BCUT2D eigenvalue weighted by molar-refractivity contribution is 0.566. The van der Waals surface area contributed by atoms with Gasteiger partial charge in [0, 0.05) is 21.8 Å². The average molecular weight is 346 g/mol. The highest BCUT2D eigenvalue weighted by atomic mass is 35.5. The van der Waals surface area contributed by atoms with E-state index in [1.165, 1.54) is 23.5 Å². The van der Waals surface area contributed by atoms with E-state index >= 15 is 0 Å². The molecule has 0 saturated heterocycles. The molecule has 0 saturated carbocycles. The SMILES string of the molecule is Cc1cnc(C(C)NS(=O)(=O)c2cc(Cl)cc(N)c2C)s1. The summed E-state index contributed by atoms with van der Waals surface area (Å²) in [5.74, 6) is 0. The smallest absolute Gasteiger partial charge is 0.241 e. The summed E-state index contributed by atoms with van der Waals surface area (Å²) in [6.07, 6.45) is 1.72. The van der Waals surface area contributed by atoms with Crippen molar-refractivity contribution in [3.05, 3.63) is 38.8 Å². The first kappa shape index (κ1) is 16.2. The van der Waals surface area contributed by atoms with Gasteiger partial charge in [-0.25, -0.2) is 18.1 Å². The van der Waals surface area contributed by atoms with Crippen LogP contribution >= 0.6 is 22.9 Å². The minimum atomic E-state index is -3.72. The number of rotatable bonds is 4. The van der Waals surface area contributed by atoms with Crippen LogP contribution in [-0.4, -0.2) is 13.4 Å². The molecule has 2 aromatic rings. The van der Waals surface area contributed by atoms with Gasteiger partial charge in [0.1, 0.15) is 5.01 Å². The maximum Gasteiger partial charge on any atom is 0.241 e. The normalized spacial score (nSPS) is 13.3. The molecule has 0 bridgehead atoms. The van der Waals surface area contributed by atoms with Gasteiger partial charge in [-0.2, -0.15) is 0 Å². The fourth-order valence-electron chi connectivity index (χ4n) is 1.87. The zero-order valence-corrected chi connectivity index (χ0v) is 14.2. The topological polar surface area (TPSA) is 85.1 Å². The predicted molar refractivity (Wildman–Crippen MR) is 86.2 cm³/mol. The van der Waals surface area contributed by atoms with Crippen molar-refractivity contribution in [2.45, 2.75) is 31.7 Å². The van der Waals surface area contributed by atoms with Crippen LogP contribution in [-0.2, 0) is 10.0 Å². The largest absolute Gasteiger partial charge is 0.398 e. The molecular weight excluding hydrogens is 330 g/mol. The minimum Gasteiger partial charge on any atom is -0.398 e. The molecule has 0 radical (unpaired) electrons.